The summed E-state index contributed by atoms with van der Waals surface area (Å²) in [5.74, 6) is -1.14. The Morgan fingerprint density at radius 3 is 2.25 bits per heavy atom. The van der Waals surface area contributed by atoms with Crippen molar-refractivity contribution < 1.29 is 13.2 Å². The number of carbonyl (C=O) groups is 1. The zero-order valence-corrected chi connectivity index (χ0v) is 12.6. The highest BCUT2D eigenvalue weighted by Gasteiger charge is 2.26. The van der Waals surface area contributed by atoms with Crippen LogP contribution in [0.3, 0.4) is 0 Å². The fourth-order valence-corrected chi connectivity index (χ4v) is 3.08. The lowest BCUT2D eigenvalue weighted by Gasteiger charge is -2.16. The summed E-state index contributed by atoms with van der Waals surface area (Å²) in [6.07, 6.45) is 0. The number of amides is 1. The highest BCUT2D eigenvalue weighted by molar-refractivity contribution is 7.92. The summed E-state index contributed by atoms with van der Waals surface area (Å²) >= 11 is 0. The number of nitriles is 1. The van der Waals surface area contributed by atoms with Crippen molar-refractivity contribution in [3.05, 3.63) is 29.8 Å². The van der Waals surface area contributed by atoms with Gasteiger partial charge in [-0.25, -0.2) is 8.42 Å². The molecule has 20 heavy (non-hydrogen) atoms. The van der Waals surface area contributed by atoms with Gasteiger partial charge in [0.2, 0.25) is 5.91 Å². The average Bonchev–Trinajstić information content (AvgIpc) is 2.37. The number of rotatable bonds is 5. The third-order valence-electron chi connectivity index (χ3n) is 3.14. The number of nitrogens with zero attached hydrogens (tertiary/aromatic N) is 1. The summed E-state index contributed by atoms with van der Waals surface area (Å²) in [6.45, 7) is 5.22. The Hall–Kier alpha value is -1.87. The molecule has 108 valence electrons. The molecule has 0 radical (unpaired) electrons. The molecule has 0 spiro atoms. The van der Waals surface area contributed by atoms with Gasteiger partial charge in [-0.15, -0.1) is 0 Å². The van der Waals surface area contributed by atoms with Crippen LogP contribution in [0.15, 0.2) is 24.3 Å². The van der Waals surface area contributed by atoms with Gasteiger partial charge in [0.15, 0.2) is 9.84 Å². The van der Waals surface area contributed by atoms with Crippen molar-refractivity contribution in [2.75, 3.05) is 11.1 Å². The molecule has 1 aromatic carbocycles. The van der Waals surface area contributed by atoms with Crippen LogP contribution in [0.5, 0.6) is 0 Å². The van der Waals surface area contributed by atoms with Crippen LogP contribution < -0.4 is 5.32 Å². The number of sulfone groups is 1. The van der Waals surface area contributed by atoms with Gasteiger partial charge in [-0.05, 0) is 37.1 Å². The molecular weight excluding hydrogens is 276 g/mol. The molecule has 0 saturated carbocycles. The molecule has 6 heteroatoms. The first-order valence-corrected chi connectivity index (χ1v) is 7.99. The van der Waals surface area contributed by atoms with Crippen LogP contribution in [-0.2, 0) is 14.6 Å². The van der Waals surface area contributed by atoms with Gasteiger partial charge < -0.3 is 5.32 Å². The van der Waals surface area contributed by atoms with Gasteiger partial charge in [0.25, 0.3) is 0 Å². The van der Waals surface area contributed by atoms with Gasteiger partial charge in [0.1, 0.15) is 5.75 Å². The Bertz CT molecular complexity index is 613. The maximum Gasteiger partial charge on any atom is 0.239 e. The minimum atomic E-state index is -3.46. The van der Waals surface area contributed by atoms with Crippen molar-refractivity contribution >= 4 is 21.4 Å². The third-order valence-corrected chi connectivity index (χ3v) is 5.48. The number of anilines is 1. The number of hydrogen-bond acceptors (Lipinski definition) is 4. The van der Waals surface area contributed by atoms with Gasteiger partial charge in [0, 0.05) is 5.69 Å². The fraction of sp³-hybridized carbons (Fsp3) is 0.429. The zero-order chi connectivity index (χ0) is 15.3. The van der Waals surface area contributed by atoms with Crippen LogP contribution in [-0.4, -0.2) is 25.3 Å². The first kappa shape index (κ1) is 16.2. The molecule has 0 aliphatic heterocycles. The van der Waals surface area contributed by atoms with Gasteiger partial charge >= 0.3 is 0 Å². The molecule has 1 unspecified atom stereocenters. The Morgan fingerprint density at radius 1 is 1.25 bits per heavy atom. The van der Waals surface area contributed by atoms with Crippen LogP contribution >= 0.6 is 0 Å². The molecule has 1 aromatic rings. The topological polar surface area (TPSA) is 87.0 Å². The normalized spacial score (nSPS) is 12.8. The molecule has 0 saturated heterocycles. The molecule has 5 nitrogen and oxygen atoms in total. The van der Waals surface area contributed by atoms with E-state index in [1.54, 1.807) is 45.0 Å². The number of benzene rings is 1. The fourth-order valence-electron chi connectivity index (χ4n) is 1.55. The van der Waals surface area contributed by atoms with E-state index in [1.807, 2.05) is 6.07 Å². The van der Waals surface area contributed by atoms with Crippen molar-refractivity contribution in [1.82, 2.24) is 0 Å². The first-order chi connectivity index (χ1) is 9.26. The highest BCUT2D eigenvalue weighted by atomic mass is 32.2. The summed E-state index contributed by atoms with van der Waals surface area (Å²) in [5, 5.41) is 10.6. The Kier molecular flexibility index (Phi) is 5.28. The summed E-state index contributed by atoms with van der Waals surface area (Å²) < 4.78 is 23.9. The van der Waals surface area contributed by atoms with Crippen molar-refractivity contribution in [2.45, 2.75) is 26.0 Å². The van der Waals surface area contributed by atoms with E-state index in [-0.39, 0.29) is 5.92 Å². The van der Waals surface area contributed by atoms with E-state index in [2.05, 4.69) is 5.32 Å². The second-order valence-corrected chi connectivity index (χ2v) is 7.35. The Labute approximate surface area is 119 Å². The quantitative estimate of drug-likeness (QED) is 0.899. The van der Waals surface area contributed by atoms with Gasteiger partial charge in [0.05, 0.1) is 16.9 Å². The standard InChI is InChI=1S/C14H18N2O3S/c1-10(2)11(3)20(18,19)9-14(17)16-13-6-4-12(8-15)5-7-13/h4-7,10-11H,9H2,1-3H3,(H,16,17). The summed E-state index contributed by atoms with van der Waals surface area (Å²) in [4.78, 5) is 11.8. The lowest BCUT2D eigenvalue weighted by Crippen LogP contribution is -2.32. The second-order valence-electron chi connectivity index (χ2n) is 4.99. The molecule has 1 rings (SSSR count). The van der Waals surface area contributed by atoms with Gasteiger partial charge in [-0.3, -0.25) is 4.79 Å². The third kappa shape index (κ3) is 4.35. The first-order valence-electron chi connectivity index (χ1n) is 6.28. The molecule has 1 N–H and O–H groups in total. The lowest BCUT2D eigenvalue weighted by molar-refractivity contribution is -0.113. The zero-order valence-electron chi connectivity index (χ0n) is 11.8. The molecule has 1 atom stereocenters. The van der Waals surface area contributed by atoms with Crippen LogP contribution in [0.1, 0.15) is 26.3 Å². The molecule has 0 bridgehead atoms. The highest BCUT2D eigenvalue weighted by Crippen LogP contribution is 2.14. The minimum Gasteiger partial charge on any atom is -0.325 e. The monoisotopic (exact) mass is 294 g/mol. The van der Waals surface area contributed by atoms with Gasteiger partial charge in [-0.1, -0.05) is 13.8 Å². The van der Waals surface area contributed by atoms with E-state index in [4.69, 9.17) is 5.26 Å². The second kappa shape index (κ2) is 6.53. The van der Waals surface area contributed by atoms with E-state index >= 15 is 0 Å². The van der Waals surface area contributed by atoms with E-state index < -0.39 is 26.7 Å². The van der Waals surface area contributed by atoms with Gasteiger partial charge in [-0.2, -0.15) is 5.26 Å². The summed E-state index contributed by atoms with van der Waals surface area (Å²) in [5.41, 5.74) is 0.949. The van der Waals surface area contributed by atoms with E-state index in [0.717, 1.165) is 0 Å². The van der Waals surface area contributed by atoms with Crippen molar-refractivity contribution in [1.29, 1.82) is 5.26 Å². The lowest BCUT2D eigenvalue weighted by atomic mass is 10.2. The minimum absolute atomic E-state index is 0.0392. The predicted molar refractivity (Wildman–Crippen MR) is 77.9 cm³/mol. The molecule has 0 aromatic heterocycles. The smallest absolute Gasteiger partial charge is 0.239 e. The summed E-state index contributed by atoms with van der Waals surface area (Å²) in [7, 11) is -3.46. The van der Waals surface area contributed by atoms with Crippen molar-refractivity contribution in [2.24, 2.45) is 5.92 Å². The van der Waals surface area contributed by atoms with E-state index in [1.165, 1.54) is 0 Å². The summed E-state index contributed by atoms with van der Waals surface area (Å²) in [6, 6.07) is 8.21. The SMILES string of the molecule is CC(C)C(C)S(=O)(=O)CC(=O)Nc1ccc(C#N)cc1. The number of hydrogen-bond donors (Lipinski definition) is 1. The number of carbonyl (C=O) groups excluding carboxylic acids is 1. The van der Waals surface area contributed by atoms with E-state index in [9.17, 15) is 13.2 Å². The van der Waals surface area contributed by atoms with Crippen molar-refractivity contribution in [3.8, 4) is 6.07 Å². The van der Waals surface area contributed by atoms with Crippen LogP contribution in [0.2, 0.25) is 0 Å². The molecule has 1 amide bonds. The Balaban J connectivity index is 2.70. The number of nitrogens with one attached hydrogen (secondary N) is 1. The van der Waals surface area contributed by atoms with Crippen LogP contribution in [0.25, 0.3) is 0 Å². The average molecular weight is 294 g/mol. The van der Waals surface area contributed by atoms with Crippen LogP contribution in [0, 0.1) is 17.2 Å². The van der Waals surface area contributed by atoms with E-state index in [0.29, 0.717) is 11.3 Å². The van der Waals surface area contributed by atoms with Crippen molar-refractivity contribution in [3.63, 3.8) is 0 Å². The molecule has 0 heterocycles. The maximum absolute atomic E-state index is 12.0. The van der Waals surface area contributed by atoms with Crippen LogP contribution in [0.4, 0.5) is 5.69 Å². The molecule has 0 fully saturated rings. The molecule has 0 aliphatic carbocycles. The largest absolute Gasteiger partial charge is 0.325 e. The predicted octanol–water partition coefficient (Wildman–Crippen LogP) is 1.96. The molecule has 0 aliphatic rings. The maximum atomic E-state index is 12.0. The molecular formula is C14H18N2O3S. The Morgan fingerprint density at radius 2 is 1.80 bits per heavy atom.